The fourth-order valence-corrected chi connectivity index (χ4v) is 1.90. The third-order valence-electron chi connectivity index (χ3n) is 3.07. The molecule has 3 nitrogen and oxygen atoms in total. The molecule has 3 heteroatoms. The summed E-state index contributed by atoms with van der Waals surface area (Å²) in [4.78, 5) is 8.83. The summed E-state index contributed by atoms with van der Waals surface area (Å²) in [6.45, 7) is 6.33. The van der Waals surface area contributed by atoms with Crippen LogP contribution >= 0.6 is 0 Å². The zero-order valence-electron chi connectivity index (χ0n) is 11.2. The van der Waals surface area contributed by atoms with Crippen molar-refractivity contribution in [3.8, 4) is 11.3 Å². The van der Waals surface area contributed by atoms with Crippen molar-refractivity contribution in [3.05, 3.63) is 41.2 Å². The molecule has 0 radical (unpaired) electrons. The van der Waals surface area contributed by atoms with Crippen LogP contribution in [0.15, 0.2) is 24.3 Å². The number of rotatable bonds is 3. The molecule has 2 aromatic rings. The number of hydrogen-bond donors (Lipinski definition) is 1. The molecule has 0 atom stereocenters. The predicted octanol–water partition coefficient (Wildman–Crippen LogP) is 3.30. The lowest BCUT2D eigenvalue weighted by atomic mass is 10.0. The maximum atomic E-state index is 5.84. The Labute approximate surface area is 108 Å². The van der Waals surface area contributed by atoms with E-state index in [0.29, 0.717) is 5.82 Å². The van der Waals surface area contributed by atoms with Crippen molar-refractivity contribution in [2.45, 2.75) is 33.6 Å². The number of hydrogen-bond acceptors (Lipinski definition) is 3. The Morgan fingerprint density at radius 1 is 1.06 bits per heavy atom. The standard InChI is InChI=1S/C15H19N3/c1-4-5-15-17-13(9-14(16)18-15)12-7-6-10(2)11(3)8-12/h6-9H,4-5H2,1-3H3,(H2,16,17,18). The van der Waals surface area contributed by atoms with Gasteiger partial charge in [0.1, 0.15) is 11.6 Å². The maximum Gasteiger partial charge on any atom is 0.131 e. The molecule has 0 spiro atoms. The van der Waals surface area contributed by atoms with Gasteiger partial charge in [-0.05, 0) is 37.5 Å². The fraction of sp³-hybridized carbons (Fsp3) is 0.333. The minimum absolute atomic E-state index is 0.543. The lowest BCUT2D eigenvalue weighted by Gasteiger charge is -2.07. The van der Waals surface area contributed by atoms with Gasteiger partial charge in [0, 0.05) is 18.1 Å². The summed E-state index contributed by atoms with van der Waals surface area (Å²) >= 11 is 0. The highest BCUT2D eigenvalue weighted by Crippen LogP contribution is 2.22. The van der Waals surface area contributed by atoms with Gasteiger partial charge in [0.15, 0.2) is 0 Å². The van der Waals surface area contributed by atoms with Gasteiger partial charge in [0.2, 0.25) is 0 Å². The van der Waals surface area contributed by atoms with Crippen LogP contribution < -0.4 is 5.73 Å². The van der Waals surface area contributed by atoms with Gasteiger partial charge in [-0.25, -0.2) is 9.97 Å². The van der Waals surface area contributed by atoms with Crippen molar-refractivity contribution in [2.75, 3.05) is 5.73 Å². The number of anilines is 1. The molecule has 0 aliphatic carbocycles. The molecule has 18 heavy (non-hydrogen) atoms. The quantitative estimate of drug-likeness (QED) is 0.897. The Hall–Kier alpha value is -1.90. The highest BCUT2D eigenvalue weighted by atomic mass is 14.9. The van der Waals surface area contributed by atoms with Gasteiger partial charge in [-0.1, -0.05) is 19.1 Å². The molecule has 2 rings (SSSR count). The molecule has 0 saturated carbocycles. The molecule has 94 valence electrons. The number of nitrogen functional groups attached to an aromatic ring is 1. The van der Waals surface area contributed by atoms with Crippen LogP contribution in [0.2, 0.25) is 0 Å². The van der Waals surface area contributed by atoms with Crippen molar-refractivity contribution < 1.29 is 0 Å². The third-order valence-corrected chi connectivity index (χ3v) is 3.07. The highest BCUT2D eigenvalue weighted by Gasteiger charge is 2.05. The van der Waals surface area contributed by atoms with Crippen LogP contribution in [0.3, 0.4) is 0 Å². The number of nitrogens with zero attached hydrogens (tertiary/aromatic N) is 2. The molecular formula is C15H19N3. The van der Waals surface area contributed by atoms with Crippen molar-refractivity contribution in [3.63, 3.8) is 0 Å². The number of aromatic nitrogens is 2. The van der Waals surface area contributed by atoms with Gasteiger partial charge in [0.25, 0.3) is 0 Å². The first-order chi connectivity index (χ1) is 8.60. The predicted molar refractivity (Wildman–Crippen MR) is 75.3 cm³/mol. The summed E-state index contributed by atoms with van der Waals surface area (Å²) in [5.74, 6) is 1.37. The van der Waals surface area contributed by atoms with E-state index in [9.17, 15) is 0 Å². The maximum absolute atomic E-state index is 5.84. The molecule has 0 fully saturated rings. The van der Waals surface area contributed by atoms with E-state index in [4.69, 9.17) is 5.73 Å². The van der Waals surface area contributed by atoms with Crippen LogP contribution in [0.25, 0.3) is 11.3 Å². The molecule has 0 amide bonds. The smallest absolute Gasteiger partial charge is 0.131 e. The van der Waals surface area contributed by atoms with Gasteiger partial charge in [-0.3, -0.25) is 0 Å². The summed E-state index contributed by atoms with van der Waals surface area (Å²) in [5, 5.41) is 0. The zero-order chi connectivity index (χ0) is 13.1. The molecule has 0 bridgehead atoms. The Balaban J connectivity index is 2.46. The van der Waals surface area contributed by atoms with Crippen LogP contribution in [-0.4, -0.2) is 9.97 Å². The van der Waals surface area contributed by atoms with Crippen LogP contribution in [0, 0.1) is 13.8 Å². The summed E-state index contributed by atoms with van der Waals surface area (Å²) in [5.41, 5.74) is 10.4. The summed E-state index contributed by atoms with van der Waals surface area (Å²) in [6.07, 6.45) is 1.89. The summed E-state index contributed by atoms with van der Waals surface area (Å²) in [6, 6.07) is 8.18. The molecule has 1 aromatic heterocycles. The van der Waals surface area contributed by atoms with Crippen molar-refractivity contribution in [1.29, 1.82) is 0 Å². The van der Waals surface area contributed by atoms with E-state index in [0.717, 1.165) is 29.9 Å². The average Bonchev–Trinajstić information content (AvgIpc) is 2.32. The first-order valence-electron chi connectivity index (χ1n) is 6.31. The van der Waals surface area contributed by atoms with E-state index in [1.54, 1.807) is 0 Å². The molecule has 1 aromatic carbocycles. The van der Waals surface area contributed by atoms with Crippen LogP contribution in [0.1, 0.15) is 30.3 Å². The van der Waals surface area contributed by atoms with Gasteiger partial charge >= 0.3 is 0 Å². The minimum Gasteiger partial charge on any atom is -0.384 e. The van der Waals surface area contributed by atoms with Crippen LogP contribution in [0.4, 0.5) is 5.82 Å². The molecule has 0 aliphatic rings. The van der Waals surface area contributed by atoms with Gasteiger partial charge in [0.05, 0.1) is 5.69 Å². The Morgan fingerprint density at radius 3 is 2.50 bits per heavy atom. The topological polar surface area (TPSA) is 51.8 Å². The Bertz CT molecular complexity index is 562. The monoisotopic (exact) mass is 241 g/mol. The van der Waals surface area contributed by atoms with Gasteiger partial charge in [-0.15, -0.1) is 0 Å². The largest absolute Gasteiger partial charge is 0.384 e. The number of benzene rings is 1. The molecule has 0 unspecified atom stereocenters. The first-order valence-corrected chi connectivity index (χ1v) is 6.31. The van der Waals surface area contributed by atoms with Crippen molar-refractivity contribution >= 4 is 5.82 Å². The minimum atomic E-state index is 0.543. The third kappa shape index (κ3) is 2.67. The van der Waals surface area contributed by atoms with E-state index in [-0.39, 0.29) is 0 Å². The van der Waals surface area contributed by atoms with Crippen LogP contribution in [0.5, 0.6) is 0 Å². The second kappa shape index (κ2) is 5.17. The molecule has 1 heterocycles. The fourth-order valence-electron chi connectivity index (χ4n) is 1.90. The second-order valence-electron chi connectivity index (χ2n) is 4.64. The lowest BCUT2D eigenvalue weighted by Crippen LogP contribution is -2.01. The molecule has 2 N–H and O–H groups in total. The molecule has 0 saturated heterocycles. The second-order valence-corrected chi connectivity index (χ2v) is 4.64. The normalized spacial score (nSPS) is 10.6. The average molecular weight is 241 g/mol. The van der Waals surface area contributed by atoms with E-state index in [1.807, 2.05) is 6.07 Å². The summed E-state index contributed by atoms with van der Waals surface area (Å²) in [7, 11) is 0. The van der Waals surface area contributed by atoms with Gasteiger partial charge in [-0.2, -0.15) is 0 Å². The van der Waals surface area contributed by atoms with E-state index in [2.05, 4.69) is 48.9 Å². The van der Waals surface area contributed by atoms with Crippen molar-refractivity contribution in [2.24, 2.45) is 0 Å². The van der Waals surface area contributed by atoms with E-state index in [1.165, 1.54) is 11.1 Å². The number of aryl methyl sites for hydroxylation is 3. The molecule has 0 aliphatic heterocycles. The van der Waals surface area contributed by atoms with Crippen molar-refractivity contribution in [1.82, 2.24) is 9.97 Å². The van der Waals surface area contributed by atoms with Gasteiger partial charge < -0.3 is 5.73 Å². The molecular weight excluding hydrogens is 222 g/mol. The zero-order valence-corrected chi connectivity index (χ0v) is 11.2. The first kappa shape index (κ1) is 12.6. The Morgan fingerprint density at radius 2 is 1.83 bits per heavy atom. The Kier molecular flexibility index (Phi) is 3.60. The lowest BCUT2D eigenvalue weighted by molar-refractivity contribution is 0.839. The summed E-state index contributed by atoms with van der Waals surface area (Å²) < 4.78 is 0. The van der Waals surface area contributed by atoms with E-state index < -0.39 is 0 Å². The van der Waals surface area contributed by atoms with Crippen LogP contribution in [-0.2, 0) is 6.42 Å². The SMILES string of the molecule is CCCc1nc(N)cc(-c2ccc(C)c(C)c2)n1. The number of nitrogens with two attached hydrogens (primary N) is 1. The highest BCUT2D eigenvalue weighted by molar-refractivity contribution is 5.63. The van der Waals surface area contributed by atoms with E-state index >= 15 is 0 Å².